The maximum absolute atomic E-state index is 11.0. The highest BCUT2D eigenvalue weighted by Crippen LogP contribution is 2.44. The van der Waals surface area contributed by atoms with E-state index < -0.39 is 0 Å². The van der Waals surface area contributed by atoms with Gasteiger partial charge in [0, 0.05) is 13.1 Å². The molecule has 0 aromatic carbocycles. The van der Waals surface area contributed by atoms with Crippen LogP contribution in [0.3, 0.4) is 0 Å². The number of nitrogens with two attached hydrogens (primary N) is 1. The Morgan fingerprint density at radius 3 is 3.00 bits per heavy atom. The second-order valence-corrected chi connectivity index (χ2v) is 3.44. The van der Waals surface area contributed by atoms with Crippen LogP contribution in [0, 0.1) is 11.8 Å². The van der Waals surface area contributed by atoms with Crippen molar-refractivity contribution in [1.82, 2.24) is 10.3 Å². The summed E-state index contributed by atoms with van der Waals surface area (Å²) in [5.41, 5.74) is 2.16. The summed E-state index contributed by atoms with van der Waals surface area (Å²) >= 11 is 0. The van der Waals surface area contributed by atoms with Crippen LogP contribution >= 0.6 is 0 Å². The van der Waals surface area contributed by atoms with E-state index >= 15 is 0 Å². The normalized spacial score (nSPS) is 34.5. The molecule has 4 nitrogen and oxygen atoms in total. The fourth-order valence-electron chi connectivity index (χ4n) is 1.86. The third kappa shape index (κ3) is 1.18. The van der Waals surface area contributed by atoms with Crippen LogP contribution in [-0.4, -0.2) is 24.0 Å². The Morgan fingerprint density at radius 1 is 1.55 bits per heavy atom. The molecule has 0 spiro atoms. The summed E-state index contributed by atoms with van der Waals surface area (Å²) in [6, 6.07) is -0.129. The van der Waals surface area contributed by atoms with Crippen molar-refractivity contribution in [1.29, 1.82) is 0 Å². The van der Waals surface area contributed by atoms with Crippen molar-refractivity contribution < 1.29 is 4.79 Å². The number of carbonyl (C=O) groups excluding carboxylic acids is 1. The van der Waals surface area contributed by atoms with Gasteiger partial charge in [0.15, 0.2) is 0 Å². The number of likely N-dealkylation sites (tertiary alicyclic amines) is 1. The molecule has 0 radical (unpaired) electrons. The number of hydrogen-bond donors (Lipinski definition) is 2. The van der Waals surface area contributed by atoms with Crippen LogP contribution in [0.1, 0.15) is 12.8 Å². The minimum Gasteiger partial charge on any atom is -0.323 e. The molecule has 0 aromatic heterocycles. The molecule has 1 saturated carbocycles. The van der Waals surface area contributed by atoms with Crippen molar-refractivity contribution in [2.24, 2.45) is 17.7 Å². The Morgan fingerprint density at radius 2 is 2.36 bits per heavy atom. The molecule has 1 aliphatic carbocycles. The van der Waals surface area contributed by atoms with Crippen LogP contribution in [0.25, 0.3) is 0 Å². The summed E-state index contributed by atoms with van der Waals surface area (Å²) in [7, 11) is 0. The van der Waals surface area contributed by atoms with Gasteiger partial charge in [0.25, 0.3) is 0 Å². The first-order valence-electron chi connectivity index (χ1n) is 4.07. The van der Waals surface area contributed by atoms with Crippen LogP contribution < -0.4 is 11.3 Å². The summed E-state index contributed by atoms with van der Waals surface area (Å²) in [6.07, 6.45) is 2.48. The van der Waals surface area contributed by atoms with Gasteiger partial charge in [-0.1, -0.05) is 0 Å². The predicted octanol–water partition coefficient (Wildman–Crippen LogP) is -0.0885. The Bertz CT molecular complexity index is 183. The first-order valence-corrected chi connectivity index (χ1v) is 4.07. The molecule has 4 heteroatoms. The molecule has 2 rings (SSSR count). The molecule has 62 valence electrons. The highest BCUT2D eigenvalue weighted by molar-refractivity contribution is 5.73. The van der Waals surface area contributed by atoms with Crippen LogP contribution in [-0.2, 0) is 0 Å². The molecule has 2 atom stereocenters. The van der Waals surface area contributed by atoms with Gasteiger partial charge in [-0.2, -0.15) is 0 Å². The third-order valence-electron chi connectivity index (χ3n) is 2.70. The highest BCUT2D eigenvalue weighted by atomic mass is 16.2. The van der Waals surface area contributed by atoms with Gasteiger partial charge in [-0.05, 0) is 24.7 Å². The number of hydrogen-bond acceptors (Lipinski definition) is 2. The number of rotatable bonds is 0. The van der Waals surface area contributed by atoms with Crippen molar-refractivity contribution in [2.45, 2.75) is 12.8 Å². The summed E-state index contributed by atoms with van der Waals surface area (Å²) in [5, 5.41) is 0. The molecule has 1 heterocycles. The van der Waals surface area contributed by atoms with Gasteiger partial charge in [-0.15, -0.1) is 0 Å². The summed E-state index contributed by atoms with van der Waals surface area (Å²) in [6.45, 7) is 1.79. The van der Waals surface area contributed by atoms with Gasteiger partial charge in [0.2, 0.25) is 0 Å². The number of hydrazine groups is 1. The lowest BCUT2D eigenvalue weighted by Crippen LogP contribution is -2.46. The zero-order valence-corrected chi connectivity index (χ0v) is 6.42. The largest absolute Gasteiger partial charge is 0.331 e. The Kier molecular flexibility index (Phi) is 1.49. The van der Waals surface area contributed by atoms with Crippen LogP contribution in [0.2, 0.25) is 0 Å². The van der Waals surface area contributed by atoms with E-state index in [0.717, 1.165) is 31.3 Å². The maximum atomic E-state index is 11.0. The van der Waals surface area contributed by atoms with Crippen molar-refractivity contribution >= 4 is 6.03 Å². The van der Waals surface area contributed by atoms with Gasteiger partial charge in [-0.25, -0.2) is 10.6 Å². The Labute approximate surface area is 65.7 Å². The molecule has 0 aromatic rings. The maximum Gasteiger partial charge on any atom is 0.331 e. The molecule has 1 saturated heterocycles. The quantitative estimate of drug-likeness (QED) is 0.292. The molecular weight excluding hydrogens is 142 g/mol. The molecule has 2 unspecified atom stereocenters. The Hall–Kier alpha value is -0.770. The Balaban J connectivity index is 1.89. The van der Waals surface area contributed by atoms with E-state index in [9.17, 15) is 4.79 Å². The van der Waals surface area contributed by atoms with Gasteiger partial charge >= 0.3 is 6.03 Å². The minimum absolute atomic E-state index is 0.129. The van der Waals surface area contributed by atoms with E-state index in [1.165, 1.54) is 6.42 Å². The predicted molar refractivity (Wildman–Crippen MR) is 40.5 cm³/mol. The summed E-state index contributed by atoms with van der Waals surface area (Å²) in [4.78, 5) is 12.8. The molecule has 1 aliphatic heterocycles. The van der Waals surface area contributed by atoms with Crippen molar-refractivity contribution in [3.05, 3.63) is 0 Å². The molecule has 11 heavy (non-hydrogen) atoms. The number of carbonyl (C=O) groups is 1. The lowest BCUT2D eigenvalue weighted by atomic mass is 10.1. The van der Waals surface area contributed by atoms with Crippen molar-refractivity contribution in [3.63, 3.8) is 0 Å². The highest BCUT2D eigenvalue weighted by Gasteiger charge is 2.42. The van der Waals surface area contributed by atoms with Gasteiger partial charge in [-0.3, -0.25) is 5.43 Å². The number of urea groups is 1. The lowest BCUT2D eigenvalue weighted by Gasteiger charge is -2.25. The number of amides is 2. The van der Waals surface area contributed by atoms with Gasteiger partial charge < -0.3 is 4.90 Å². The van der Waals surface area contributed by atoms with Gasteiger partial charge in [0.1, 0.15) is 0 Å². The SMILES string of the molecule is NNC(=O)N1CCC2CC2C1. The van der Waals surface area contributed by atoms with E-state index in [4.69, 9.17) is 5.84 Å². The number of piperidine rings is 1. The van der Waals surface area contributed by atoms with Crippen LogP contribution in [0.4, 0.5) is 4.79 Å². The first-order chi connectivity index (χ1) is 5.31. The average Bonchev–Trinajstić information content (AvgIpc) is 2.80. The topological polar surface area (TPSA) is 58.4 Å². The van der Waals surface area contributed by atoms with Crippen LogP contribution in [0.15, 0.2) is 0 Å². The zero-order chi connectivity index (χ0) is 7.84. The second-order valence-electron chi connectivity index (χ2n) is 3.44. The van der Waals surface area contributed by atoms with E-state index in [1.54, 1.807) is 4.90 Å². The molecular formula is C7H13N3O. The first kappa shape index (κ1) is 6.91. The van der Waals surface area contributed by atoms with Crippen molar-refractivity contribution in [2.75, 3.05) is 13.1 Å². The minimum atomic E-state index is -0.129. The number of nitrogens with zero attached hydrogens (tertiary/aromatic N) is 1. The standard InChI is InChI=1S/C7H13N3O/c8-9-7(11)10-2-1-5-3-6(5)4-10/h5-6H,1-4,8H2,(H,9,11). The second kappa shape index (κ2) is 2.37. The molecule has 2 aliphatic rings. The van der Waals surface area contributed by atoms with Gasteiger partial charge in [0.05, 0.1) is 0 Å². The average molecular weight is 155 g/mol. The molecule has 2 fully saturated rings. The summed E-state index contributed by atoms with van der Waals surface area (Å²) in [5.74, 6) is 6.71. The monoisotopic (exact) mass is 155 g/mol. The van der Waals surface area contributed by atoms with E-state index in [1.807, 2.05) is 0 Å². The lowest BCUT2D eigenvalue weighted by molar-refractivity contribution is 0.184. The van der Waals surface area contributed by atoms with Crippen LogP contribution in [0.5, 0.6) is 0 Å². The smallest absolute Gasteiger partial charge is 0.323 e. The fraction of sp³-hybridized carbons (Fsp3) is 0.857. The molecule has 2 amide bonds. The van der Waals surface area contributed by atoms with E-state index in [0.29, 0.717) is 0 Å². The zero-order valence-electron chi connectivity index (χ0n) is 6.42. The van der Waals surface area contributed by atoms with E-state index in [-0.39, 0.29) is 6.03 Å². The van der Waals surface area contributed by atoms with Crippen molar-refractivity contribution in [3.8, 4) is 0 Å². The summed E-state index contributed by atoms with van der Waals surface area (Å²) < 4.78 is 0. The number of fused-ring (bicyclic) bond motifs is 1. The fourth-order valence-corrected chi connectivity index (χ4v) is 1.86. The van der Waals surface area contributed by atoms with E-state index in [2.05, 4.69) is 5.43 Å². The molecule has 3 N–H and O–H groups in total. The molecule has 0 bridgehead atoms. The number of nitrogens with one attached hydrogen (secondary N) is 1. The third-order valence-corrected chi connectivity index (χ3v) is 2.70.